The largest absolute Gasteiger partial charge is 0.355 e. The van der Waals surface area contributed by atoms with Gasteiger partial charge in [-0.1, -0.05) is 25.5 Å². The molecule has 1 fully saturated rings. The summed E-state index contributed by atoms with van der Waals surface area (Å²) in [7, 11) is 0. The molecular weight excluding hydrogens is 280 g/mol. The number of hydrogen-bond donors (Lipinski definition) is 2. The molecule has 0 unspecified atom stereocenters. The normalized spacial score (nSPS) is 15.0. The Bertz CT molecular complexity index is 591. The van der Waals surface area contributed by atoms with Crippen LogP contribution in [0, 0.1) is 5.41 Å². The fourth-order valence-electron chi connectivity index (χ4n) is 2.30. The number of hydrogen-bond acceptors (Lipinski definition) is 3. The average Bonchev–Trinajstić information content (AvgIpc) is 3.29. The minimum atomic E-state index is -0.931. The summed E-state index contributed by atoms with van der Waals surface area (Å²) in [6.45, 7) is 4.13. The molecule has 1 aromatic carbocycles. The van der Waals surface area contributed by atoms with Gasteiger partial charge in [-0.3, -0.25) is 14.4 Å². The Morgan fingerprint density at radius 2 is 1.91 bits per heavy atom. The fourth-order valence-corrected chi connectivity index (χ4v) is 2.30. The highest BCUT2D eigenvalue weighted by Gasteiger charge is 2.56. The lowest BCUT2D eigenvalue weighted by atomic mass is 10.0. The van der Waals surface area contributed by atoms with E-state index in [1.807, 2.05) is 6.92 Å². The highest BCUT2D eigenvalue weighted by Crippen LogP contribution is 2.46. The maximum atomic E-state index is 12.4. The molecular formula is C17H22N2O3. The van der Waals surface area contributed by atoms with Gasteiger partial charge in [-0.2, -0.15) is 0 Å². The van der Waals surface area contributed by atoms with Crippen LogP contribution in [0.5, 0.6) is 0 Å². The van der Waals surface area contributed by atoms with Gasteiger partial charge in [0.25, 0.3) is 0 Å². The van der Waals surface area contributed by atoms with Crippen molar-refractivity contribution in [2.45, 2.75) is 39.5 Å². The number of carbonyl (C=O) groups is 3. The molecule has 2 rings (SSSR count). The lowest BCUT2D eigenvalue weighted by Crippen LogP contribution is -2.40. The topological polar surface area (TPSA) is 75.3 Å². The zero-order valence-corrected chi connectivity index (χ0v) is 13.1. The summed E-state index contributed by atoms with van der Waals surface area (Å²) in [6, 6.07) is 6.76. The predicted molar refractivity (Wildman–Crippen MR) is 84.7 cm³/mol. The third-order valence-electron chi connectivity index (χ3n) is 3.96. The first-order valence-corrected chi connectivity index (χ1v) is 7.70. The van der Waals surface area contributed by atoms with E-state index in [-0.39, 0.29) is 17.6 Å². The first-order valence-electron chi connectivity index (χ1n) is 7.70. The summed E-state index contributed by atoms with van der Waals surface area (Å²) < 4.78 is 0. The Morgan fingerprint density at radius 1 is 1.18 bits per heavy atom. The number of unbranched alkanes of at least 4 members (excludes halogenated alkanes) is 1. The van der Waals surface area contributed by atoms with Crippen molar-refractivity contribution in [1.82, 2.24) is 5.32 Å². The zero-order valence-electron chi connectivity index (χ0n) is 13.1. The highest BCUT2D eigenvalue weighted by atomic mass is 16.2. The van der Waals surface area contributed by atoms with E-state index in [9.17, 15) is 14.4 Å². The lowest BCUT2D eigenvalue weighted by molar-refractivity contribution is -0.134. The van der Waals surface area contributed by atoms with E-state index in [0.29, 0.717) is 30.6 Å². The van der Waals surface area contributed by atoms with Crippen LogP contribution in [0.25, 0.3) is 0 Å². The third kappa shape index (κ3) is 3.53. The van der Waals surface area contributed by atoms with E-state index in [1.165, 1.54) is 6.92 Å². The fraction of sp³-hybridized carbons (Fsp3) is 0.471. The molecule has 0 atom stereocenters. The van der Waals surface area contributed by atoms with Crippen molar-refractivity contribution in [3.63, 3.8) is 0 Å². The molecule has 118 valence electrons. The average molecular weight is 302 g/mol. The Morgan fingerprint density at radius 3 is 2.50 bits per heavy atom. The van der Waals surface area contributed by atoms with Gasteiger partial charge in [0, 0.05) is 17.8 Å². The summed E-state index contributed by atoms with van der Waals surface area (Å²) in [5.41, 5.74) is 0.153. The van der Waals surface area contributed by atoms with Crippen LogP contribution in [-0.4, -0.2) is 24.1 Å². The second-order valence-electron chi connectivity index (χ2n) is 5.78. The van der Waals surface area contributed by atoms with Crippen LogP contribution >= 0.6 is 0 Å². The smallest absolute Gasteiger partial charge is 0.240 e. The molecule has 5 nitrogen and oxygen atoms in total. The molecule has 1 aliphatic rings. The molecule has 0 aromatic heterocycles. The molecule has 5 heteroatoms. The Kier molecular flexibility index (Phi) is 4.96. The summed E-state index contributed by atoms with van der Waals surface area (Å²) in [5.74, 6) is -0.544. The van der Waals surface area contributed by atoms with E-state index >= 15 is 0 Å². The number of ketones is 1. The summed E-state index contributed by atoms with van der Waals surface area (Å²) in [5, 5.41) is 5.59. The van der Waals surface area contributed by atoms with E-state index in [1.54, 1.807) is 24.3 Å². The molecule has 0 radical (unpaired) electrons. The lowest BCUT2D eigenvalue weighted by Gasteiger charge is -2.15. The molecule has 0 heterocycles. The minimum absolute atomic E-state index is 0.0606. The number of Topliss-reactive ketones (excluding diaryl/α,β-unsaturated/α-hetero) is 1. The quantitative estimate of drug-likeness (QED) is 0.462. The van der Waals surface area contributed by atoms with Crippen molar-refractivity contribution in [2.75, 3.05) is 11.9 Å². The van der Waals surface area contributed by atoms with Gasteiger partial charge < -0.3 is 10.6 Å². The van der Waals surface area contributed by atoms with Gasteiger partial charge in [0.05, 0.1) is 0 Å². The van der Waals surface area contributed by atoms with Gasteiger partial charge >= 0.3 is 0 Å². The van der Waals surface area contributed by atoms with Crippen LogP contribution in [0.1, 0.15) is 49.9 Å². The van der Waals surface area contributed by atoms with E-state index in [0.717, 1.165) is 12.8 Å². The van der Waals surface area contributed by atoms with Crippen LogP contribution in [0.15, 0.2) is 24.3 Å². The highest BCUT2D eigenvalue weighted by molar-refractivity contribution is 6.13. The SMILES string of the molecule is CCCCNC(=O)C1(C(=O)Nc2cccc(C(C)=O)c2)CC1. The molecule has 2 amide bonds. The second kappa shape index (κ2) is 6.73. The van der Waals surface area contributed by atoms with Crippen LogP contribution in [0.2, 0.25) is 0 Å². The molecule has 0 bridgehead atoms. The summed E-state index contributed by atoms with van der Waals surface area (Å²) >= 11 is 0. The first kappa shape index (κ1) is 16.2. The van der Waals surface area contributed by atoms with Gasteiger partial charge in [0.2, 0.25) is 11.8 Å². The maximum absolute atomic E-state index is 12.4. The van der Waals surface area contributed by atoms with Crippen molar-refractivity contribution in [2.24, 2.45) is 5.41 Å². The van der Waals surface area contributed by atoms with E-state index < -0.39 is 5.41 Å². The van der Waals surface area contributed by atoms with Gasteiger partial charge in [0.1, 0.15) is 5.41 Å². The van der Waals surface area contributed by atoms with Crippen molar-refractivity contribution in [3.8, 4) is 0 Å². The van der Waals surface area contributed by atoms with Crippen LogP contribution in [-0.2, 0) is 9.59 Å². The minimum Gasteiger partial charge on any atom is -0.355 e. The molecule has 0 spiro atoms. The van der Waals surface area contributed by atoms with E-state index in [4.69, 9.17) is 0 Å². The number of nitrogens with one attached hydrogen (secondary N) is 2. The van der Waals surface area contributed by atoms with Gasteiger partial charge in [-0.05, 0) is 38.3 Å². The molecule has 2 N–H and O–H groups in total. The number of benzene rings is 1. The predicted octanol–water partition coefficient (Wildman–Crippen LogP) is 2.52. The second-order valence-corrected chi connectivity index (χ2v) is 5.78. The number of anilines is 1. The first-order chi connectivity index (χ1) is 10.5. The number of carbonyl (C=O) groups excluding carboxylic acids is 3. The molecule has 22 heavy (non-hydrogen) atoms. The standard InChI is InChI=1S/C17H22N2O3/c1-3-4-10-18-15(21)17(8-9-17)16(22)19-14-7-5-6-13(11-14)12(2)20/h5-7,11H,3-4,8-10H2,1-2H3,(H,18,21)(H,19,22). The van der Waals surface area contributed by atoms with Crippen molar-refractivity contribution in [3.05, 3.63) is 29.8 Å². The van der Waals surface area contributed by atoms with Gasteiger partial charge in [-0.25, -0.2) is 0 Å². The third-order valence-corrected chi connectivity index (χ3v) is 3.96. The van der Waals surface area contributed by atoms with Crippen molar-refractivity contribution < 1.29 is 14.4 Å². The zero-order chi connectivity index (χ0) is 16.2. The molecule has 1 saturated carbocycles. The van der Waals surface area contributed by atoms with Crippen LogP contribution in [0.3, 0.4) is 0 Å². The molecule has 1 aliphatic carbocycles. The van der Waals surface area contributed by atoms with E-state index in [2.05, 4.69) is 10.6 Å². The Hall–Kier alpha value is -2.17. The van der Waals surface area contributed by atoms with Crippen molar-refractivity contribution in [1.29, 1.82) is 0 Å². The number of rotatable bonds is 7. The Labute approximate surface area is 130 Å². The summed E-state index contributed by atoms with van der Waals surface area (Å²) in [6.07, 6.45) is 3.05. The van der Waals surface area contributed by atoms with Crippen molar-refractivity contribution >= 4 is 23.3 Å². The molecule has 1 aromatic rings. The monoisotopic (exact) mass is 302 g/mol. The maximum Gasteiger partial charge on any atom is 0.240 e. The van der Waals surface area contributed by atoms with Crippen LogP contribution in [0.4, 0.5) is 5.69 Å². The Balaban J connectivity index is 2.01. The van der Waals surface area contributed by atoms with Gasteiger partial charge in [0.15, 0.2) is 5.78 Å². The summed E-state index contributed by atoms with van der Waals surface area (Å²) in [4.78, 5) is 35.9. The molecule has 0 aliphatic heterocycles. The molecule has 0 saturated heterocycles. The van der Waals surface area contributed by atoms with Crippen LogP contribution < -0.4 is 10.6 Å². The number of amides is 2. The van der Waals surface area contributed by atoms with Gasteiger partial charge in [-0.15, -0.1) is 0 Å².